The molecule has 0 bridgehead atoms. The highest BCUT2D eigenvalue weighted by Crippen LogP contribution is 2.25. The first-order valence-corrected chi connectivity index (χ1v) is 7.75. The lowest BCUT2D eigenvalue weighted by Gasteiger charge is -2.38. The lowest BCUT2D eigenvalue weighted by molar-refractivity contribution is -0.268. The van der Waals surface area contributed by atoms with E-state index in [-0.39, 0.29) is 6.61 Å². The predicted molar refractivity (Wildman–Crippen MR) is 82.7 cm³/mol. The molecule has 24 heavy (non-hydrogen) atoms. The third-order valence-electron chi connectivity index (χ3n) is 3.56. The van der Waals surface area contributed by atoms with Gasteiger partial charge in [-0.25, -0.2) is 0 Å². The number of ether oxygens (including phenoxy) is 4. The van der Waals surface area contributed by atoms with Gasteiger partial charge in [0.15, 0.2) is 12.4 Å². The Hall–Kier alpha value is -1.96. The Labute approximate surface area is 140 Å². The van der Waals surface area contributed by atoms with Crippen LogP contribution in [0.25, 0.3) is 0 Å². The second-order valence-corrected chi connectivity index (χ2v) is 5.60. The van der Waals surface area contributed by atoms with Crippen LogP contribution in [0, 0.1) is 0 Å². The summed E-state index contributed by atoms with van der Waals surface area (Å²) in [6.07, 6.45) is -3.05. The summed E-state index contributed by atoms with van der Waals surface area (Å²) in [5.74, 6) is -0.966. The van der Waals surface area contributed by atoms with E-state index in [1.807, 2.05) is 30.3 Å². The van der Waals surface area contributed by atoms with Crippen molar-refractivity contribution >= 4 is 11.9 Å². The van der Waals surface area contributed by atoms with Crippen LogP contribution in [0.3, 0.4) is 0 Å². The van der Waals surface area contributed by atoms with Gasteiger partial charge in [0.1, 0.15) is 12.7 Å². The largest absolute Gasteiger partial charge is 0.463 e. The molecule has 1 aliphatic heterocycles. The number of hydrogen-bond acceptors (Lipinski definition) is 7. The summed E-state index contributed by atoms with van der Waals surface area (Å²) in [4.78, 5) is 22.2. The van der Waals surface area contributed by atoms with Gasteiger partial charge in [-0.2, -0.15) is 0 Å². The predicted octanol–water partition coefficient (Wildman–Crippen LogP) is 1.17. The minimum atomic E-state index is -1.34. The van der Waals surface area contributed by atoms with Crippen molar-refractivity contribution in [3.63, 3.8) is 0 Å². The van der Waals surface area contributed by atoms with Gasteiger partial charge < -0.3 is 24.1 Å². The van der Waals surface area contributed by atoms with Gasteiger partial charge in [0, 0.05) is 20.3 Å². The van der Waals surface area contributed by atoms with E-state index in [2.05, 4.69) is 0 Å². The van der Waals surface area contributed by atoms with Gasteiger partial charge in [-0.3, -0.25) is 9.59 Å². The number of benzene rings is 1. The maximum Gasteiger partial charge on any atom is 0.303 e. The quantitative estimate of drug-likeness (QED) is 0.779. The van der Waals surface area contributed by atoms with Crippen LogP contribution in [0.5, 0.6) is 0 Å². The van der Waals surface area contributed by atoms with E-state index in [0.29, 0.717) is 13.0 Å². The van der Waals surface area contributed by atoms with Gasteiger partial charge in [-0.15, -0.1) is 0 Å². The SMILES string of the molecule is CC(=O)OC[C@@H]1C[C@@H](OCc2ccccc2)[C@H](OC(C)=O)[C@@H](O)O1. The number of rotatable bonds is 6. The monoisotopic (exact) mass is 338 g/mol. The van der Waals surface area contributed by atoms with Crippen molar-refractivity contribution in [3.8, 4) is 0 Å². The molecule has 1 saturated heterocycles. The summed E-state index contributed by atoms with van der Waals surface area (Å²) >= 11 is 0. The molecule has 0 aromatic heterocycles. The average molecular weight is 338 g/mol. The Kier molecular flexibility index (Phi) is 6.72. The van der Waals surface area contributed by atoms with Crippen molar-refractivity contribution < 1.29 is 33.6 Å². The molecule has 0 saturated carbocycles. The zero-order valence-corrected chi connectivity index (χ0v) is 13.7. The molecule has 132 valence electrons. The fraction of sp³-hybridized carbons (Fsp3) is 0.529. The minimum absolute atomic E-state index is 0.00435. The molecular formula is C17H22O7. The molecule has 0 unspecified atom stereocenters. The Bertz CT molecular complexity index is 545. The van der Waals surface area contributed by atoms with Gasteiger partial charge >= 0.3 is 11.9 Å². The van der Waals surface area contributed by atoms with Crippen LogP contribution >= 0.6 is 0 Å². The molecule has 0 aliphatic carbocycles. The molecule has 1 aromatic carbocycles. The highest BCUT2D eigenvalue weighted by atomic mass is 16.7. The molecule has 1 aliphatic rings. The van der Waals surface area contributed by atoms with Crippen molar-refractivity contribution in [3.05, 3.63) is 35.9 Å². The summed E-state index contributed by atoms with van der Waals surface area (Å²) in [7, 11) is 0. The Balaban J connectivity index is 2.01. The Morgan fingerprint density at radius 1 is 1.21 bits per heavy atom. The Morgan fingerprint density at radius 2 is 1.92 bits per heavy atom. The van der Waals surface area contributed by atoms with Crippen molar-refractivity contribution in [1.82, 2.24) is 0 Å². The zero-order chi connectivity index (χ0) is 17.5. The van der Waals surface area contributed by atoms with Crippen LogP contribution in [0.1, 0.15) is 25.8 Å². The average Bonchev–Trinajstić information content (AvgIpc) is 2.54. The number of esters is 2. The van der Waals surface area contributed by atoms with Gasteiger partial charge in [-0.05, 0) is 5.56 Å². The molecule has 2 rings (SSSR count). The molecule has 1 N–H and O–H groups in total. The third-order valence-corrected chi connectivity index (χ3v) is 3.56. The number of carbonyl (C=O) groups excluding carboxylic acids is 2. The fourth-order valence-electron chi connectivity index (χ4n) is 2.49. The highest BCUT2D eigenvalue weighted by Gasteiger charge is 2.41. The van der Waals surface area contributed by atoms with E-state index < -0.39 is 36.5 Å². The normalized spacial score (nSPS) is 26.6. The lowest BCUT2D eigenvalue weighted by atomic mass is 10.0. The van der Waals surface area contributed by atoms with E-state index in [4.69, 9.17) is 18.9 Å². The second kappa shape index (κ2) is 8.77. The minimum Gasteiger partial charge on any atom is -0.463 e. The van der Waals surface area contributed by atoms with Crippen LogP contribution in [0.4, 0.5) is 0 Å². The maximum absolute atomic E-state index is 11.3. The molecule has 7 heteroatoms. The lowest BCUT2D eigenvalue weighted by Crippen LogP contribution is -2.52. The molecule has 0 spiro atoms. The first-order chi connectivity index (χ1) is 11.5. The summed E-state index contributed by atoms with van der Waals surface area (Å²) < 4.78 is 21.2. The van der Waals surface area contributed by atoms with Crippen molar-refractivity contribution in [2.24, 2.45) is 0 Å². The fourth-order valence-corrected chi connectivity index (χ4v) is 2.49. The third kappa shape index (κ3) is 5.59. The van der Waals surface area contributed by atoms with Crippen LogP contribution in [-0.2, 0) is 35.1 Å². The van der Waals surface area contributed by atoms with Gasteiger partial charge in [0.2, 0.25) is 0 Å². The standard InChI is InChI=1S/C17H22O7/c1-11(18)21-10-14-8-15(16(17(20)24-14)23-12(2)19)22-9-13-6-4-3-5-7-13/h3-7,14-17,20H,8-10H2,1-2H3/t14-,15+,16-,17-/m0/s1. The van der Waals surface area contributed by atoms with Crippen molar-refractivity contribution in [2.75, 3.05) is 6.61 Å². The van der Waals surface area contributed by atoms with Gasteiger partial charge in [0.05, 0.1) is 12.7 Å². The van der Waals surface area contributed by atoms with Crippen LogP contribution < -0.4 is 0 Å². The van der Waals surface area contributed by atoms with Crippen LogP contribution in [0.15, 0.2) is 30.3 Å². The van der Waals surface area contributed by atoms with Crippen LogP contribution in [0.2, 0.25) is 0 Å². The van der Waals surface area contributed by atoms with Crippen molar-refractivity contribution in [1.29, 1.82) is 0 Å². The van der Waals surface area contributed by atoms with E-state index in [0.717, 1.165) is 5.56 Å². The number of hydrogen-bond donors (Lipinski definition) is 1. The maximum atomic E-state index is 11.3. The number of carbonyl (C=O) groups is 2. The zero-order valence-electron chi connectivity index (χ0n) is 13.7. The molecule has 1 heterocycles. The van der Waals surface area contributed by atoms with E-state index in [1.54, 1.807) is 0 Å². The molecular weight excluding hydrogens is 316 g/mol. The van der Waals surface area contributed by atoms with E-state index in [1.165, 1.54) is 13.8 Å². The highest BCUT2D eigenvalue weighted by molar-refractivity contribution is 5.66. The summed E-state index contributed by atoms with van der Waals surface area (Å²) in [5, 5.41) is 10.1. The molecule has 0 amide bonds. The number of aliphatic hydroxyl groups is 1. The molecule has 7 nitrogen and oxygen atoms in total. The molecule has 1 fully saturated rings. The van der Waals surface area contributed by atoms with Gasteiger partial charge in [-0.1, -0.05) is 30.3 Å². The van der Waals surface area contributed by atoms with Crippen LogP contribution in [-0.4, -0.2) is 48.3 Å². The molecule has 1 aromatic rings. The van der Waals surface area contributed by atoms with E-state index >= 15 is 0 Å². The molecule has 0 radical (unpaired) electrons. The summed E-state index contributed by atoms with van der Waals surface area (Å²) in [6, 6.07) is 9.51. The summed E-state index contributed by atoms with van der Waals surface area (Å²) in [5.41, 5.74) is 0.955. The molecule has 4 atom stereocenters. The topological polar surface area (TPSA) is 91.3 Å². The summed E-state index contributed by atoms with van der Waals surface area (Å²) in [6.45, 7) is 2.86. The van der Waals surface area contributed by atoms with E-state index in [9.17, 15) is 14.7 Å². The van der Waals surface area contributed by atoms with Gasteiger partial charge in [0.25, 0.3) is 0 Å². The second-order valence-electron chi connectivity index (χ2n) is 5.60. The first kappa shape index (κ1) is 18.4. The first-order valence-electron chi connectivity index (χ1n) is 7.75. The smallest absolute Gasteiger partial charge is 0.303 e. The number of aliphatic hydroxyl groups excluding tert-OH is 1. The van der Waals surface area contributed by atoms with Crippen molar-refractivity contribution in [2.45, 2.75) is 51.5 Å². The Morgan fingerprint density at radius 3 is 2.54 bits per heavy atom.